The van der Waals surface area contributed by atoms with Crippen molar-refractivity contribution in [3.8, 4) is 11.5 Å². The molecular weight excluding hydrogens is 469 g/mol. The number of amides is 1. The molecule has 0 unspecified atom stereocenters. The first-order chi connectivity index (χ1) is 15.7. The molecule has 1 aromatic heterocycles. The minimum atomic E-state index is -3.97. The Labute approximate surface area is 196 Å². The lowest BCUT2D eigenvalue weighted by Gasteiger charge is -2.21. The van der Waals surface area contributed by atoms with E-state index in [0.29, 0.717) is 39.8 Å². The molecule has 1 heterocycles. The fraction of sp³-hybridized carbons (Fsp3) is 0.364. The van der Waals surface area contributed by atoms with E-state index in [-0.39, 0.29) is 11.4 Å². The SMILES string of the molecule is COc1ccc(OC)c2sc(N(CCCN(C)C)C(=O)CS(=O)(=O)c3ccc(F)cc3)nc12. The van der Waals surface area contributed by atoms with Crippen LogP contribution < -0.4 is 14.4 Å². The highest BCUT2D eigenvalue weighted by Gasteiger charge is 2.27. The first-order valence-corrected chi connectivity index (χ1v) is 12.6. The standard InChI is InChI=1S/C22H26FN3O5S2/c1-25(2)12-5-13-26(19(27)14-33(28,29)16-8-6-15(23)7-9-16)22-24-20-17(30-3)10-11-18(31-4)21(20)32-22/h6-11H,5,12-14H2,1-4H3. The second-order valence-corrected chi connectivity index (χ2v) is 10.5. The Balaban J connectivity index is 1.97. The molecule has 3 aromatic rings. The Bertz CT molecular complexity index is 1190. The van der Waals surface area contributed by atoms with Gasteiger partial charge in [-0.15, -0.1) is 0 Å². The summed E-state index contributed by atoms with van der Waals surface area (Å²) in [7, 11) is 2.92. The topological polar surface area (TPSA) is 89.0 Å². The number of nitrogens with zero attached hydrogens (tertiary/aromatic N) is 3. The summed E-state index contributed by atoms with van der Waals surface area (Å²) in [6.45, 7) is 0.979. The number of halogens is 1. The number of carbonyl (C=O) groups is 1. The van der Waals surface area contributed by atoms with Gasteiger partial charge in [0.15, 0.2) is 15.0 Å². The first-order valence-electron chi connectivity index (χ1n) is 10.1. The molecule has 33 heavy (non-hydrogen) atoms. The molecule has 0 radical (unpaired) electrons. The summed E-state index contributed by atoms with van der Waals surface area (Å²) in [4.78, 5) is 21.1. The molecule has 0 saturated heterocycles. The number of rotatable bonds is 10. The summed E-state index contributed by atoms with van der Waals surface area (Å²) in [6.07, 6.45) is 0.611. The van der Waals surface area contributed by atoms with Crippen molar-refractivity contribution in [2.24, 2.45) is 0 Å². The molecule has 0 saturated carbocycles. The van der Waals surface area contributed by atoms with Crippen molar-refractivity contribution < 1.29 is 27.1 Å². The normalized spacial score (nSPS) is 11.7. The zero-order valence-electron chi connectivity index (χ0n) is 18.9. The number of methoxy groups -OCH3 is 2. The van der Waals surface area contributed by atoms with E-state index in [1.54, 1.807) is 12.1 Å². The van der Waals surface area contributed by atoms with Crippen molar-refractivity contribution in [1.82, 2.24) is 9.88 Å². The fourth-order valence-corrected chi connectivity index (χ4v) is 5.54. The molecular formula is C22H26FN3O5S2. The minimum absolute atomic E-state index is 0.113. The zero-order valence-corrected chi connectivity index (χ0v) is 20.5. The van der Waals surface area contributed by atoms with E-state index in [1.165, 1.54) is 30.5 Å². The Kier molecular flexibility index (Phi) is 7.88. The van der Waals surface area contributed by atoms with Crippen molar-refractivity contribution in [3.05, 3.63) is 42.2 Å². The molecule has 178 valence electrons. The smallest absolute Gasteiger partial charge is 0.244 e. The van der Waals surface area contributed by atoms with Crippen LogP contribution in [0.5, 0.6) is 11.5 Å². The van der Waals surface area contributed by atoms with E-state index >= 15 is 0 Å². The number of aromatic nitrogens is 1. The number of carbonyl (C=O) groups excluding carboxylic acids is 1. The zero-order chi connectivity index (χ0) is 24.2. The van der Waals surface area contributed by atoms with Crippen LogP contribution in [0.25, 0.3) is 10.2 Å². The lowest BCUT2D eigenvalue weighted by Crippen LogP contribution is -2.37. The number of anilines is 1. The highest BCUT2D eigenvalue weighted by atomic mass is 32.2. The Morgan fingerprint density at radius 2 is 1.67 bits per heavy atom. The molecule has 0 aliphatic rings. The maximum absolute atomic E-state index is 13.2. The number of ether oxygens (including phenoxy) is 2. The van der Waals surface area contributed by atoms with Crippen LogP contribution in [0, 0.1) is 5.82 Å². The Morgan fingerprint density at radius 3 is 2.27 bits per heavy atom. The van der Waals surface area contributed by atoms with Crippen LogP contribution in [0.4, 0.5) is 9.52 Å². The van der Waals surface area contributed by atoms with Gasteiger partial charge in [-0.2, -0.15) is 0 Å². The van der Waals surface area contributed by atoms with Crippen LogP contribution in [-0.2, 0) is 14.6 Å². The van der Waals surface area contributed by atoms with Gasteiger partial charge in [-0.1, -0.05) is 11.3 Å². The number of benzene rings is 2. The lowest BCUT2D eigenvalue weighted by molar-refractivity contribution is -0.116. The Hall–Kier alpha value is -2.76. The minimum Gasteiger partial charge on any atom is -0.495 e. The largest absolute Gasteiger partial charge is 0.495 e. The quantitative estimate of drug-likeness (QED) is 0.399. The summed E-state index contributed by atoms with van der Waals surface area (Å²) in [5.74, 6) is -0.828. The molecule has 0 aliphatic heterocycles. The molecule has 0 fully saturated rings. The first kappa shape index (κ1) is 24.9. The predicted molar refractivity (Wildman–Crippen MR) is 127 cm³/mol. The van der Waals surface area contributed by atoms with E-state index < -0.39 is 27.3 Å². The van der Waals surface area contributed by atoms with Gasteiger partial charge in [-0.05, 0) is 63.5 Å². The molecule has 1 amide bonds. The number of hydrogen-bond acceptors (Lipinski definition) is 8. The van der Waals surface area contributed by atoms with Crippen LogP contribution in [0.1, 0.15) is 6.42 Å². The van der Waals surface area contributed by atoms with Gasteiger partial charge < -0.3 is 14.4 Å². The number of sulfone groups is 1. The summed E-state index contributed by atoms with van der Waals surface area (Å²) in [5.41, 5.74) is 0.531. The molecule has 11 heteroatoms. The second-order valence-electron chi connectivity index (χ2n) is 7.56. The van der Waals surface area contributed by atoms with Gasteiger partial charge in [0.25, 0.3) is 0 Å². The van der Waals surface area contributed by atoms with Crippen LogP contribution in [-0.4, -0.2) is 71.4 Å². The second kappa shape index (κ2) is 10.4. The van der Waals surface area contributed by atoms with Crippen molar-refractivity contribution in [1.29, 1.82) is 0 Å². The van der Waals surface area contributed by atoms with E-state index in [1.807, 2.05) is 19.0 Å². The van der Waals surface area contributed by atoms with Crippen molar-refractivity contribution in [2.45, 2.75) is 11.3 Å². The van der Waals surface area contributed by atoms with Gasteiger partial charge in [0.2, 0.25) is 5.91 Å². The lowest BCUT2D eigenvalue weighted by atomic mass is 10.3. The van der Waals surface area contributed by atoms with Gasteiger partial charge in [0.1, 0.15) is 33.3 Å². The molecule has 8 nitrogen and oxygen atoms in total. The number of fused-ring (bicyclic) bond motifs is 1. The van der Waals surface area contributed by atoms with Gasteiger partial charge in [-0.3, -0.25) is 9.69 Å². The number of thiazole rings is 1. The predicted octanol–water partition coefficient (Wildman–Crippen LogP) is 3.21. The van der Waals surface area contributed by atoms with E-state index in [0.717, 1.165) is 24.3 Å². The van der Waals surface area contributed by atoms with Gasteiger partial charge in [-0.25, -0.2) is 17.8 Å². The van der Waals surface area contributed by atoms with Gasteiger partial charge >= 0.3 is 0 Å². The van der Waals surface area contributed by atoms with Crippen molar-refractivity contribution >= 4 is 42.4 Å². The summed E-state index contributed by atoms with van der Waals surface area (Å²) >= 11 is 1.23. The van der Waals surface area contributed by atoms with E-state index in [2.05, 4.69) is 4.98 Å². The highest BCUT2D eigenvalue weighted by molar-refractivity contribution is 7.92. The van der Waals surface area contributed by atoms with Crippen LogP contribution in [0.3, 0.4) is 0 Å². The van der Waals surface area contributed by atoms with E-state index in [4.69, 9.17) is 9.47 Å². The molecule has 0 aliphatic carbocycles. The maximum Gasteiger partial charge on any atom is 0.244 e. The van der Waals surface area contributed by atoms with Gasteiger partial charge in [0, 0.05) is 6.54 Å². The molecule has 2 aromatic carbocycles. The number of hydrogen-bond donors (Lipinski definition) is 0. The third-order valence-corrected chi connectivity index (χ3v) is 7.61. The van der Waals surface area contributed by atoms with E-state index in [9.17, 15) is 17.6 Å². The molecule has 0 N–H and O–H groups in total. The van der Waals surface area contributed by atoms with Crippen LogP contribution in [0.2, 0.25) is 0 Å². The third kappa shape index (κ3) is 5.79. The average Bonchev–Trinajstić information content (AvgIpc) is 3.20. The summed E-state index contributed by atoms with van der Waals surface area (Å²) in [6, 6.07) is 7.89. The molecule has 3 rings (SSSR count). The van der Waals surface area contributed by atoms with Gasteiger partial charge in [0.05, 0.1) is 19.1 Å². The molecule has 0 atom stereocenters. The maximum atomic E-state index is 13.2. The summed E-state index contributed by atoms with van der Waals surface area (Å²) < 4.78 is 50.3. The summed E-state index contributed by atoms with van der Waals surface area (Å²) in [5, 5.41) is 0.353. The molecule has 0 spiro atoms. The van der Waals surface area contributed by atoms with Crippen molar-refractivity contribution in [3.63, 3.8) is 0 Å². The average molecular weight is 496 g/mol. The van der Waals surface area contributed by atoms with Crippen molar-refractivity contribution in [2.75, 3.05) is 52.1 Å². The fourth-order valence-electron chi connectivity index (χ4n) is 3.23. The Morgan fingerprint density at radius 1 is 1.03 bits per heavy atom. The van der Waals surface area contributed by atoms with Crippen LogP contribution >= 0.6 is 11.3 Å². The highest BCUT2D eigenvalue weighted by Crippen LogP contribution is 2.40. The monoisotopic (exact) mass is 495 g/mol. The van der Waals surface area contributed by atoms with Crippen LogP contribution in [0.15, 0.2) is 41.3 Å². The molecule has 0 bridgehead atoms. The third-order valence-electron chi connectivity index (χ3n) is 4.90.